The number of ether oxygens (including phenoxy) is 1. The molecule has 8 heteroatoms. The van der Waals surface area contributed by atoms with Crippen molar-refractivity contribution in [3.8, 4) is 0 Å². The van der Waals surface area contributed by atoms with Gasteiger partial charge in [-0.25, -0.2) is 9.78 Å². The summed E-state index contributed by atoms with van der Waals surface area (Å²) in [4.78, 5) is 23.2. The lowest BCUT2D eigenvalue weighted by Gasteiger charge is -2.37. The lowest BCUT2D eigenvalue weighted by atomic mass is 10.2. The predicted octanol–water partition coefficient (Wildman–Crippen LogP) is 2.88. The lowest BCUT2D eigenvalue weighted by Crippen LogP contribution is -2.46. The fourth-order valence-electron chi connectivity index (χ4n) is 3.68. The van der Waals surface area contributed by atoms with E-state index >= 15 is 0 Å². The Balaban J connectivity index is 1.52. The van der Waals surface area contributed by atoms with Crippen LogP contribution in [0.3, 0.4) is 0 Å². The van der Waals surface area contributed by atoms with Crippen molar-refractivity contribution in [2.75, 3.05) is 39.4 Å². The van der Waals surface area contributed by atoms with Gasteiger partial charge in [-0.3, -0.25) is 4.90 Å². The molecule has 154 valence electrons. The van der Waals surface area contributed by atoms with Crippen LogP contribution in [0.5, 0.6) is 0 Å². The van der Waals surface area contributed by atoms with Gasteiger partial charge in [0.05, 0.1) is 6.67 Å². The molecule has 3 rings (SSSR count). The minimum atomic E-state index is -0.470. The van der Waals surface area contributed by atoms with Gasteiger partial charge in [0.1, 0.15) is 16.6 Å². The van der Waals surface area contributed by atoms with Crippen molar-refractivity contribution in [2.45, 2.75) is 39.8 Å². The van der Waals surface area contributed by atoms with E-state index in [-0.39, 0.29) is 6.09 Å². The molecule has 0 unspecified atom stereocenters. The number of nitrogens with one attached hydrogen (secondary N) is 1. The quantitative estimate of drug-likeness (QED) is 0.757. The number of fused-ring (bicyclic) bond motifs is 1. The molecule has 2 aliphatic heterocycles. The molecule has 0 aliphatic carbocycles. The number of carbonyl (C=O) groups is 1. The number of carbonyl (C=O) groups excluding carboxylic acids is 1. The number of rotatable bonds is 5. The van der Waals surface area contributed by atoms with Crippen LogP contribution in [0, 0.1) is 0 Å². The van der Waals surface area contributed by atoms with E-state index in [1.807, 2.05) is 39.1 Å². The van der Waals surface area contributed by atoms with Gasteiger partial charge in [-0.05, 0) is 44.9 Å². The van der Waals surface area contributed by atoms with E-state index in [9.17, 15) is 4.79 Å². The van der Waals surface area contributed by atoms with Crippen LogP contribution in [0.4, 0.5) is 4.79 Å². The van der Waals surface area contributed by atoms with E-state index in [1.54, 1.807) is 0 Å². The summed E-state index contributed by atoms with van der Waals surface area (Å²) in [7, 11) is 0. The van der Waals surface area contributed by atoms with Crippen molar-refractivity contribution in [3.05, 3.63) is 40.4 Å². The molecule has 1 aromatic heterocycles. The molecule has 7 nitrogen and oxygen atoms in total. The van der Waals surface area contributed by atoms with E-state index < -0.39 is 5.60 Å². The van der Waals surface area contributed by atoms with Crippen molar-refractivity contribution in [3.63, 3.8) is 0 Å². The number of nitrogens with zero attached hydrogens (tertiary/aromatic N) is 4. The highest BCUT2D eigenvalue weighted by atomic mass is 35.5. The molecule has 1 amide bonds. The monoisotopic (exact) mass is 407 g/mol. The molecule has 1 saturated heterocycles. The van der Waals surface area contributed by atoms with Crippen molar-refractivity contribution < 1.29 is 9.53 Å². The second-order valence-corrected chi connectivity index (χ2v) is 8.79. The van der Waals surface area contributed by atoms with Crippen molar-refractivity contribution in [1.29, 1.82) is 0 Å². The minimum absolute atomic E-state index is 0.360. The average molecular weight is 408 g/mol. The molecule has 1 aromatic rings. The average Bonchev–Trinajstić information content (AvgIpc) is 2.98. The van der Waals surface area contributed by atoms with Gasteiger partial charge < -0.3 is 19.9 Å². The molecule has 1 N–H and O–H groups in total. The predicted molar refractivity (Wildman–Crippen MR) is 110 cm³/mol. The van der Waals surface area contributed by atoms with Gasteiger partial charge in [-0.1, -0.05) is 17.7 Å². The van der Waals surface area contributed by atoms with Crippen molar-refractivity contribution in [2.24, 2.45) is 0 Å². The maximum Gasteiger partial charge on any atom is 0.407 e. The summed E-state index contributed by atoms with van der Waals surface area (Å²) in [6, 6.07) is 3.87. The largest absolute Gasteiger partial charge is 0.444 e. The van der Waals surface area contributed by atoms with Crippen LogP contribution in [0.25, 0.3) is 0 Å². The van der Waals surface area contributed by atoms with E-state index in [2.05, 4.69) is 31.9 Å². The fourth-order valence-corrected chi connectivity index (χ4v) is 3.79. The number of halogens is 1. The highest BCUT2D eigenvalue weighted by molar-refractivity contribution is 6.29. The summed E-state index contributed by atoms with van der Waals surface area (Å²) < 4.78 is 5.29. The second-order valence-electron chi connectivity index (χ2n) is 8.40. The number of hydrogen-bond acceptors (Lipinski definition) is 6. The first-order chi connectivity index (χ1) is 13.2. The SMILES string of the molecule is CC1=C2N(Cc3ccc(Cl)nc3)CCN2CN(CCNC(=O)OC(C)(C)C)C1. The Morgan fingerprint density at radius 3 is 2.79 bits per heavy atom. The molecule has 0 bridgehead atoms. The first kappa shape index (κ1) is 20.7. The van der Waals surface area contributed by atoms with Gasteiger partial charge in [-0.15, -0.1) is 0 Å². The van der Waals surface area contributed by atoms with Crippen LogP contribution in [0.2, 0.25) is 5.15 Å². The standard InChI is InChI=1S/C20H30ClN5O2/c1-15-12-24(8-7-22-19(27)28-20(2,3)4)14-26-10-9-25(18(15)26)13-16-5-6-17(21)23-11-16/h5-6,11H,7-10,12-14H2,1-4H3,(H,22,27). The Kier molecular flexibility index (Phi) is 6.35. The van der Waals surface area contributed by atoms with Gasteiger partial charge in [0.15, 0.2) is 0 Å². The zero-order valence-electron chi connectivity index (χ0n) is 17.2. The zero-order chi connectivity index (χ0) is 20.3. The van der Waals surface area contributed by atoms with Crippen LogP contribution in [-0.2, 0) is 11.3 Å². The van der Waals surface area contributed by atoms with E-state index in [4.69, 9.17) is 16.3 Å². The maximum atomic E-state index is 11.8. The number of alkyl carbamates (subject to hydrolysis) is 1. The topological polar surface area (TPSA) is 60.9 Å². The number of pyridine rings is 1. The second kappa shape index (κ2) is 8.57. The highest BCUT2D eigenvalue weighted by Gasteiger charge is 2.31. The van der Waals surface area contributed by atoms with Crippen LogP contribution >= 0.6 is 11.6 Å². The summed E-state index contributed by atoms with van der Waals surface area (Å²) in [5, 5.41) is 3.37. The van der Waals surface area contributed by atoms with Crippen LogP contribution in [0.15, 0.2) is 29.7 Å². The minimum Gasteiger partial charge on any atom is -0.444 e. The zero-order valence-corrected chi connectivity index (χ0v) is 17.9. The smallest absolute Gasteiger partial charge is 0.407 e. The summed E-state index contributed by atoms with van der Waals surface area (Å²) in [6.45, 7) is 13.8. The molecule has 2 aliphatic rings. The summed E-state index contributed by atoms with van der Waals surface area (Å²) >= 11 is 5.89. The maximum absolute atomic E-state index is 11.8. The molecule has 1 fully saturated rings. The number of aromatic nitrogens is 1. The van der Waals surface area contributed by atoms with E-state index in [0.717, 1.165) is 45.0 Å². The van der Waals surface area contributed by atoms with Crippen LogP contribution in [-0.4, -0.2) is 70.8 Å². The third kappa shape index (κ3) is 5.52. The molecule has 0 aromatic carbocycles. The van der Waals surface area contributed by atoms with E-state index in [1.165, 1.54) is 11.4 Å². The molecule has 0 radical (unpaired) electrons. The molecule has 28 heavy (non-hydrogen) atoms. The van der Waals surface area contributed by atoms with Crippen LogP contribution < -0.4 is 5.32 Å². The summed E-state index contributed by atoms with van der Waals surface area (Å²) in [5.41, 5.74) is 2.04. The Hall–Kier alpha value is -1.99. The molecule has 0 atom stereocenters. The van der Waals surface area contributed by atoms with Gasteiger partial charge >= 0.3 is 6.09 Å². The first-order valence-corrected chi connectivity index (χ1v) is 10.1. The Morgan fingerprint density at radius 2 is 2.11 bits per heavy atom. The van der Waals surface area contributed by atoms with Crippen molar-refractivity contribution >= 4 is 17.7 Å². The number of hydrogen-bond donors (Lipinski definition) is 1. The Morgan fingerprint density at radius 1 is 1.32 bits per heavy atom. The molecule has 0 saturated carbocycles. The van der Waals surface area contributed by atoms with Crippen molar-refractivity contribution in [1.82, 2.24) is 25.0 Å². The highest BCUT2D eigenvalue weighted by Crippen LogP contribution is 2.28. The molecule has 3 heterocycles. The Bertz CT molecular complexity index is 729. The Labute approximate surface area is 172 Å². The van der Waals surface area contributed by atoms with Gasteiger partial charge in [0.2, 0.25) is 0 Å². The third-order valence-electron chi connectivity index (χ3n) is 4.71. The summed E-state index contributed by atoms with van der Waals surface area (Å²) in [5.74, 6) is 1.33. The normalized spacial score (nSPS) is 17.8. The molecular formula is C20H30ClN5O2. The fraction of sp³-hybridized carbons (Fsp3) is 0.600. The summed E-state index contributed by atoms with van der Waals surface area (Å²) in [6.07, 6.45) is 1.49. The molecular weight excluding hydrogens is 378 g/mol. The lowest BCUT2D eigenvalue weighted by molar-refractivity contribution is 0.0517. The first-order valence-electron chi connectivity index (χ1n) is 9.70. The van der Waals surface area contributed by atoms with Gasteiger partial charge in [-0.2, -0.15) is 0 Å². The number of amides is 1. The van der Waals surface area contributed by atoms with Gasteiger partial charge in [0, 0.05) is 45.5 Å². The van der Waals surface area contributed by atoms with Crippen LogP contribution in [0.1, 0.15) is 33.3 Å². The van der Waals surface area contributed by atoms with E-state index in [0.29, 0.717) is 11.7 Å². The van der Waals surface area contributed by atoms with Gasteiger partial charge in [0.25, 0.3) is 0 Å². The third-order valence-corrected chi connectivity index (χ3v) is 4.93. The molecule has 0 spiro atoms.